The van der Waals surface area contributed by atoms with E-state index in [9.17, 15) is 18.8 Å². The lowest BCUT2D eigenvalue weighted by Crippen LogP contribution is -2.53. The number of benzene rings is 1. The van der Waals surface area contributed by atoms with Crippen LogP contribution in [0.5, 0.6) is 5.75 Å². The molecule has 1 spiro atoms. The minimum atomic E-state index is -0.988. The van der Waals surface area contributed by atoms with E-state index >= 15 is 0 Å². The number of carbonyl (C=O) groups excluding carboxylic acids is 2. The third kappa shape index (κ3) is 2.84. The Labute approximate surface area is 175 Å². The average molecular weight is 432 g/mol. The van der Waals surface area contributed by atoms with Crippen LogP contribution in [0.15, 0.2) is 21.9 Å². The van der Waals surface area contributed by atoms with Crippen LogP contribution in [0.2, 0.25) is 0 Å². The van der Waals surface area contributed by atoms with E-state index in [0.717, 1.165) is 24.2 Å². The van der Waals surface area contributed by atoms with Crippen LogP contribution < -0.4 is 19.3 Å². The molecule has 1 aromatic carbocycles. The summed E-state index contributed by atoms with van der Waals surface area (Å²) < 4.78 is 24.2. The minimum Gasteiger partial charge on any atom is -0.475 e. The standard InChI is InChI=1S/C20H21FN4O4S/c1-11(12(2)26)25-15-10-14(13(21)9-16(15)29-20(5-6-20)17(25)27)22-18-23-7-3-4-8-24(23)19(28)30-18/h9-11H,3-8H2,1-2H3. The fraction of sp³-hybridized carbons (Fsp3) is 0.500. The highest BCUT2D eigenvalue weighted by Gasteiger charge is 2.59. The van der Waals surface area contributed by atoms with Crippen LogP contribution in [-0.2, 0) is 22.7 Å². The highest BCUT2D eigenvalue weighted by molar-refractivity contribution is 7.06. The first-order valence-electron chi connectivity index (χ1n) is 10.0. The van der Waals surface area contributed by atoms with Crippen molar-refractivity contribution >= 4 is 34.4 Å². The van der Waals surface area contributed by atoms with E-state index in [1.54, 1.807) is 16.3 Å². The minimum absolute atomic E-state index is 0.000345. The van der Waals surface area contributed by atoms with E-state index in [4.69, 9.17) is 4.74 Å². The summed E-state index contributed by atoms with van der Waals surface area (Å²) in [5, 5.41) is 0. The number of nitrogens with zero attached hydrogens (tertiary/aromatic N) is 4. The van der Waals surface area contributed by atoms with Crippen LogP contribution >= 0.6 is 11.3 Å². The topological polar surface area (TPSA) is 85.9 Å². The molecule has 1 saturated carbocycles. The van der Waals surface area contributed by atoms with Crippen LogP contribution in [0.3, 0.4) is 0 Å². The Morgan fingerprint density at radius 3 is 2.60 bits per heavy atom. The summed E-state index contributed by atoms with van der Waals surface area (Å²) in [6, 6.07) is 1.95. The van der Waals surface area contributed by atoms with Gasteiger partial charge in [0.2, 0.25) is 4.80 Å². The smallest absolute Gasteiger partial charge is 0.325 e. The fourth-order valence-electron chi connectivity index (χ4n) is 3.99. The van der Waals surface area contributed by atoms with Crippen molar-refractivity contribution in [2.45, 2.75) is 64.3 Å². The second-order valence-corrected chi connectivity index (χ2v) is 8.96. The molecule has 0 saturated heterocycles. The summed E-state index contributed by atoms with van der Waals surface area (Å²) in [7, 11) is 0. The summed E-state index contributed by atoms with van der Waals surface area (Å²) in [4.78, 5) is 43.4. The van der Waals surface area contributed by atoms with Gasteiger partial charge in [0.25, 0.3) is 5.91 Å². The molecule has 8 nitrogen and oxygen atoms in total. The molecule has 0 N–H and O–H groups in total. The third-order valence-corrected chi connectivity index (χ3v) is 6.86. The number of rotatable bonds is 3. The molecule has 2 aromatic rings. The molecule has 3 aliphatic rings. The van der Waals surface area contributed by atoms with Gasteiger partial charge in [-0.1, -0.05) is 0 Å². The van der Waals surface area contributed by atoms with Gasteiger partial charge in [-0.2, -0.15) is 0 Å². The van der Waals surface area contributed by atoms with Gasteiger partial charge in [-0.25, -0.2) is 14.1 Å². The Kier molecular flexibility index (Phi) is 4.25. The number of anilines is 1. The summed E-state index contributed by atoms with van der Waals surface area (Å²) >= 11 is 0.965. The molecule has 5 rings (SSSR count). The lowest BCUT2D eigenvalue weighted by Gasteiger charge is -2.37. The van der Waals surface area contributed by atoms with Crippen molar-refractivity contribution in [3.05, 3.63) is 32.4 Å². The van der Waals surface area contributed by atoms with Gasteiger partial charge in [-0.05, 0) is 44.1 Å². The number of halogens is 1. The molecule has 1 aliphatic carbocycles. The Morgan fingerprint density at radius 2 is 1.93 bits per heavy atom. The van der Waals surface area contributed by atoms with Gasteiger partial charge >= 0.3 is 4.87 Å². The highest BCUT2D eigenvalue weighted by Crippen LogP contribution is 2.51. The molecule has 0 bridgehead atoms. The normalized spacial score (nSPS) is 20.6. The molecule has 1 aromatic heterocycles. The Hall–Kier alpha value is -2.75. The SMILES string of the molecule is CC(=O)C(C)N1C(=O)C2(CC2)Oc2cc(F)c(N=c3sc(=O)n4n3CCCC4)cc21. The maximum Gasteiger partial charge on any atom is 0.325 e. The summed E-state index contributed by atoms with van der Waals surface area (Å²) in [6.45, 7) is 4.33. The van der Waals surface area contributed by atoms with Crippen molar-refractivity contribution in [2.75, 3.05) is 4.90 Å². The number of hydrogen-bond acceptors (Lipinski definition) is 6. The monoisotopic (exact) mass is 432 g/mol. The maximum atomic E-state index is 14.9. The van der Waals surface area contributed by atoms with Crippen LogP contribution in [-0.4, -0.2) is 32.7 Å². The van der Waals surface area contributed by atoms with Crippen LogP contribution in [0, 0.1) is 5.82 Å². The number of ether oxygens (including phenoxy) is 1. The van der Waals surface area contributed by atoms with E-state index in [-0.39, 0.29) is 28.0 Å². The number of hydrogen-bond donors (Lipinski definition) is 0. The molecule has 1 atom stereocenters. The average Bonchev–Trinajstić information content (AvgIpc) is 3.42. The molecule has 158 valence electrons. The number of Topliss-reactive ketones (excluding diaryl/α,β-unsaturated/α-hetero) is 1. The summed E-state index contributed by atoms with van der Waals surface area (Å²) in [6.07, 6.45) is 2.93. The van der Waals surface area contributed by atoms with E-state index in [2.05, 4.69) is 4.99 Å². The second-order valence-electron chi connectivity index (χ2n) is 8.05. The zero-order chi connectivity index (χ0) is 21.2. The Balaban J connectivity index is 1.66. The predicted molar refractivity (Wildman–Crippen MR) is 108 cm³/mol. The number of carbonyl (C=O) groups is 2. The Morgan fingerprint density at radius 1 is 1.23 bits per heavy atom. The molecule has 30 heavy (non-hydrogen) atoms. The zero-order valence-electron chi connectivity index (χ0n) is 16.7. The molecule has 10 heteroatoms. The number of amides is 1. The number of aromatic nitrogens is 2. The van der Waals surface area contributed by atoms with Crippen LogP contribution in [0.25, 0.3) is 0 Å². The molecule has 3 heterocycles. The van der Waals surface area contributed by atoms with Crippen molar-refractivity contribution in [2.24, 2.45) is 4.99 Å². The molecule has 0 radical (unpaired) electrons. The van der Waals surface area contributed by atoms with Crippen molar-refractivity contribution < 1.29 is 18.7 Å². The first-order chi connectivity index (χ1) is 14.3. The van der Waals surface area contributed by atoms with E-state index in [0.29, 0.717) is 36.4 Å². The highest BCUT2D eigenvalue weighted by atomic mass is 32.1. The van der Waals surface area contributed by atoms with Crippen LogP contribution in [0.1, 0.15) is 39.5 Å². The van der Waals surface area contributed by atoms with Crippen molar-refractivity contribution in [3.63, 3.8) is 0 Å². The van der Waals surface area contributed by atoms with Gasteiger partial charge in [-0.15, -0.1) is 0 Å². The van der Waals surface area contributed by atoms with Crippen molar-refractivity contribution in [1.82, 2.24) is 9.36 Å². The zero-order valence-corrected chi connectivity index (χ0v) is 17.5. The molecule has 2 aliphatic heterocycles. The quantitative estimate of drug-likeness (QED) is 0.744. The van der Waals surface area contributed by atoms with E-state index in [1.165, 1.54) is 24.0 Å². The molecule has 1 amide bonds. The predicted octanol–water partition coefficient (Wildman–Crippen LogP) is 2.11. The van der Waals surface area contributed by atoms with Gasteiger partial charge in [-0.3, -0.25) is 24.0 Å². The number of ketones is 1. The Bertz CT molecular complexity index is 1210. The second kappa shape index (κ2) is 6.63. The van der Waals surface area contributed by atoms with Crippen molar-refractivity contribution in [1.29, 1.82) is 0 Å². The summed E-state index contributed by atoms with van der Waals surface area (Å²) in [5.74, 6) is -0.831. The maximum absolute atomic E-state index is 14.9. The van der Waals surface area contributed by atoms with Crippen molar-refractivity contribution in [3.8, 4) is 5.75 Å². The third-order valence-electron chi connectivity index (χ3n) is 5.99. The molecular weight excluding hydrogens is 411 g/mol. The van der Waals surface area contributed by atoms with Gasteiger partial charge in [0, 0.05) is 32.0 Å². The van der Waals surface area contributed by atoms with Crippen LogP contribution in [0.4, 0.5) is 15.8 Å². The molecular formula is C20H21FN4O4S. The fourth-order valence-corrected chi connectivity index (χ4v) is 4.88. The first-order valence-corrected chi connectivity index (χ1v) is 10.8. The number of fused-ring (bicyclic) bond motifs is 2. The lowest BCUT2D eigenvalue weighted by molar-refractivity contribution is -0.131. The van der Waals surface area contributed by atoms with Gasteiger partial charge < -0.3 is 4.74 Å². The molecule has 1 unspecified atom stereocenters. The molecule has 1 fully saturated rings. The summed E-state index contributed by atoms with van der Waals surface area (Å²) in [5.41, 5.74) is -0.662. The van der Waals surface area contributed by atoms with E-state index < -0.39 is 17.5 Å². The van der Waals surface area contributed by atoms with Gasteiger partial charge in [0.05, 0.1) is 11.7 Å². The van der Waals surface area contributed by atoms with Gasteiger partial charge in [0.15, 0.2) is 17.2 Å². The first kappa shape index (κ1) is 19.2. The van der Waals surface area contributed by atoms with Gasteiger partial charge in [0.1, 0.15) is 11.4 Å². The van der Waals surface area contributed by atoms with E-state index in [1.807, 2.05) is 0 Å². The largest absolute Gasteiger partial charge is 0.475 e. The lowest BCUT2D eigenvalue weighted by atomic mass is 10.1.